The van der Waals surface area contributed by atoms with Crippen LogP contribution in [0.25, 0.3) is 0 Å². The van der Waals surface area contributed by atoms with Gasteiger partial charge in [0.1, 0.15) is 0 Å². The van der Waals surface area contributed by atoms with Gasteiger partial charge in [-0.3, -0.25) is 9.59 Å². The number of benzene rings is 2. The zero-order valence-corrected chi connectivity index (χ0v) is 18.6. The van der Waals surface area contributed by atoms with Crippen LogP contribution in [0.5, 0.6) is 0 Å². The Kier molecular flexibility index (Phi) is 7.31. The second kappa shape index (κ2) is 9.92. The molecule has 5 nitrogen and oxygen atoms in total. The van der Waals surface area contributed by atoms with E-state index in [0.29, 0.717) is 16.8 Å². The predicted molar refractivity (Wildman–Crippen MR) is 122 cm³/mol. The van der Waals surface area contributed by atoms with E-state index in [0.717, 1.165) is 42.5 Å². The van der Waals surface area contributed by atoms with Gasteiger partial charge in [0.05, 0.1) is 5.56 Å². The van der Waals surface area contributed by atoms with Crippen molar-refractivity contribution in [1.82, 2.24) is 5.32 Å². The molecule has 0 saturated carbocycles. The molecule has 1 aliphatic rings. The Morgan fingerprint density at radius 2 is 1.83 bits per heavy atom. The number of halogens is 1. The zero-order valence-electron chi connectivity index (χ0n) is 17.0. The number of nitrogens with zero attached hydrogens (tertiary/aromatic N) is 1. The molecule has 2 aromatic rings. The second-order valence-electron chi connectivity index (χ2n) is 7.53. The van der Waals surface area contributed by atoms with Crippen LogP contribution < -0.4 is 15.5 Å². The number of amides is 2. The first-order valence-electron chi connectivity index (χ1n) is 10.2. The van der Waals surface area contributed by atoms with Gasteiger partial charge >= 0.3 is 0 Å². The fraction of sp³-hybridized carbons (Fsp3) is 0.391. The summed E-state index contributed by atoms with van der Waals surface area (Å²) in [4.78, 5) is 27.9. The third-order valence-electron chi connectivity index (χ3n) is 5.27. The van der Waals surface area contributed by atoms with Crippen LogP contribution in [-0.4, -0.2) is 30.9 Å². The summed E-state index contributed by atoms with van der Waals surface area (Å²) in [7, 11) is 0. The summed E-state index contributed by atoms with van der Waals surface area (Å²) >= 11 is 3.39. The number of anilines is 2. The zero-order chi connectivity index (χ0) is 20.8. The van der Waals surface area contributed by atoms with Gasteiger partial charge in [0, 0.05) is 40.5 Å². The average Bonchev–Trinajstić information content (AvgIpc) is 2.74. The van der Waals surface area contributed by atoms with Crippen LogP contribution in [0.4, 0.5) is 11.4 Å². The molecule has 6 heteroatoms. The minimum atomic E-state index is -0.203. The van der Waals surface area contributed by atoms with Gasteiger partial charge < -0.3 is 15.5 Å². The summed E-state index contributed by atoms with van der Waals surface area (Å²) in [5.74, 6) is -0.302. The minimum absolute atomic E-state index is 0.0941. The van der Waals surface area contributed by atoms with Crippen LogP contribution >= 0.6 is 15.9 Å². The molecule has 154 valence electrons. The Bertz CT molecular complexity index is 878. The largest absolute Gasteiger partial charge is 0.371 e. The SMILES string of the molecule is CCC(C)NC(=O)c1cc(NC(=O)c2cccc(Br)c2)ccc1N1CCCCC1. The number of carbonyl (C=O) groups is 2. The van der Waals surface area contributed by atoms with Crippen molar-refractivity contribution >= 4 is 39.1 Å². The fourth-order valence-corrected chi connectivity index (χ4v) is 3.84. The topological polar surface area (TPSA) is 61.4 Å². The van der Waals surface area contributed by atoms with E-state index >= 15 is 0 Å². The highest BCUT2D eigenvalue weighted by molar-refractivity contribution is 9.10. The van der Waals surface area contributed by atoms with E-state index in [9.17, 15) is 9.59 Å². The third-order valence-corrected chi connectivity index (χ3v) is 5.77. The molecule has 1 aliphatic heterocycles. The lowest BCUT2D eigenvalue weighted by Crippen LogP contribution is -2.35. The Hall–Kier alpha value is -2.34. The Morgan fingerprint density at radius 3 is 2.52 bits per heavy atom. The van der Waals surface area contributed by atoms with Crippen molar-refractivity contribution in [3.63, 3.8) is 0 Å². The highest BCUT2D eigenvalue weighted by Crippen LogP contribution is 2.28. The van der Waals surface area contributed by atoms with Gasteiger partial charge in [-0.15, -0.1) is 0 Å². The van der Waals surface area contributed by atoms with Crippen molar-refractivity contribution in [3.05, 3.63) is 58.1 Å². The van der Waals surface area contributed by atoms with Crippen molar-refractivity contribution in [2.45, 2.75) is 45.6 Å². The van der Waals surface area contributed by atoms with Crippen LogP contribution in [0.3, 0.4) is 0 Å². The lowest BCUT2D eigenvalue weighted by molar-refractivity contribution is 0.0938. The predicted octanol–water partition coefficient (Wildman–Crippen LogP) is 5.22. The molecule has 2 amide bonds. The van der Waals surface area contributed by atoms with Crippen molar-refractivity contribution in [2.75, 3.05) is 23.3 Å². The summed E-state index contributed by atoms with van der Waals surface area (Å²) in [5, 5.41) is 5.98. The lowest BCUT2D eigenvalue weighted by atomic mass is 10.0. The first-order chi connectivity index (χ1) is 14.0. The molecule has 0 aromatic heterocycles. The first kappa shape index (κ1) is 21.4. The number of nitrogens with one attached hydrogen (secondary N) is 2. The van der Waals surface area contributed by atoms with Crippen LogP contribution in [0.15, 0.2) is 46.9 Å². The monoisotopic (exact) mass is 457 g/mol. The number of piperidine rings is 1. The van der Waals surface area contributed by atoms with Crippen LogP contribution in [0.2, 0.25) is 0 Å². The molecule has 1 heterocycles. The molecule has 2 N–H and O–H groups in total. The van der Waals surface area contributed by atoms with Gasteiger partial charge in [0.2, 0.25) is 0 Å². The molecule has 0 spiro atoms. The molecule has 2 aromatic carbocycles. The van der Waals surface area contributed by atoms with Gasteiger partial charge in [-0.05, 0) is 69.0 Å². The Labute approximate surface area is 181 Å². The molecule has 1 fully saturated rings. The Balaban J connectivity index is 1.87. The third kappa shape index (κ3) is 5.60. The summed E-state index contributed by atoms with van der Waals surface area (Å²) in [6.45, 7) is 5.95. The van der Waals surface area contributed by atoms with Crippen LogP contribution in [0.1, 0.15) is 60.2 Å². The summed E-state index contributed by atoms with van der Waals surface area (Å²) in [6, 6.07) is 12.9. The molecule has 0 radical (unpaired) electrons. The lowest BCUT2D eigenvalue weighted by Gasteiger charge is -2.31. The normalized spacial score (nSPS) is 14.9. The highest BCUT2D eigenvalue weighted by atomic mass is 79.9. The molecular formula is C23H28BrN3O2. The van der Waals surface area contributed by atoms with Crippen LogP contribution in [-0.2, 0) is 0 Å². The number of hydrogen-bond acceptors (Lipinski definition) is 3. The number of carbonyl (C=O) groups excluding carboxylic acids is 2. The maximum absolute atomic E-state index is 13.0. The first-order valence-corrected chi connectivity index (χ1v) is 11.0. The second-order valence-corrected chi connectivity index (χ2v) is 8.44. The van der Waals surface area contributed by atoms with Crippen molar-refractivity contribution < 1.29 is 9.59 Å². The van der Waals surface area contributed by atoms with Crippen LogP contribution in [0, 0.1) is 0 Å². The molecule has 3 rings (SSSR count). The van der Waals surface area contributed by atoms with E-state index in [-0.39, 0.29) is 17.9 Å². The van der Waals surface area contributed by atoms with Gasteiger partial charge in [-0.1, -0.05) is 28.9 Å². The van der Waals surface area contributed by atoms with E-state index in [1.54, 1.807) is 18.2 Å². The smallest absolute Gasteiger partial charge is 0.255 e. The van der Waals surface area contributed by atoms with Gasteiger partial charge in [-0.25, -0.2) is 0 Å². The summed E-state index contributed by atoms with van der Waals surface area (Å²) in [6.07, 6.45) is 4.36. The molecule has 0 bridgehead atoms. The van der Waals surface area contributed by atoms with Crippen molar-refractivity contribution in [1.29, 1.82) is 0 Å². The average molecular weight is 458 g/mol. The van der Waals surface area contributed by atoms with E-state index < -0.39 is 0 Å². The molecule has 0 aliphatic carbocycles. The summed E-state index contributed by atoms with van der Waals surface area (Å²) < 4.78 is 0.846. The standard InChI is InChI=1S/C23H28BrN3O2/c1-3-16(2)25-23(29)20-15-19(10-11-21(20)27-12-5-4-6-13-27)26-22(28)17-8-7-9-18(24)14-17/h7-11,14-16H,3-6,12-13H2,1-2H3,(H,25,29)(H,26,28). The Morgan fingerprint density at radius 1 is 1.07 bits per heavy atom. The highest BCUT2D eigenvalue weighted by Gasteiger charge is 2.20. The fourth-order valence-electron chi connectivity index (χ4n) is 3.44. The molecule has 29 heavy (non-hydrogen) atoms. The van der Waals surface area contributed by atoms with Gasteiger partial charge in [0.15, 0.2) is 0 Å². The van der Waals surface area contributed by atoms with Crippen molar-refractivity contribution in [2.24, 2.45) is 0 Å². The minimum Gasteiger partial charge on any atom is -0.371 e. The molecular weight excluding hydrogens is 430 g/mol. The molecule has 1 saturated heterocycles. The van der Waals surface area contributed by atoms with E-state index in [1.165, 1.54) is 6.42 Å². The van der Waals surface area contributed by atoms with E-state index in [1.807, 2.05) is 38.1 Å². The summed E-state index contributed by atoms with van der Waals surface area (Å²) in [5.41, 5.74) is 2.72. The van der Waals surface area contributed by atoms with Crippen molar-refractivity contribution in [3.8, 4) is 0 Å². The quantitative estimate of drug-likeness (QED) is 0.624. The van der Waals surface area contributed by atoms with E-state index in [4.69, 9.17) is 0 Å². The molecule has 1 unspecified atom stereocenters. The van der Waals surface area contributed by atoms with Gasteiger partial charge in [-0.2, -0.15) is 0 Å². The molecule has 1 atom stereocenters. The van der Waals surface area contributed by atoms with E-state index in [2.05, 4.69) is 31.5 Å². The number of rotatable bonds is 6. The number of hydrogen-bond donors (Lipinski definition) is 2. The maximum Gasteiger partial charge on any atom is 0.255 e. The van der Waals surface area contributed by atoms with Gasteiger partial charge in [0.25, 0.3) is 11.8 Å². The maximum atomic E-state index is 13.0.